The maximum Gasteiger partial charge on any atom is 0.0547 e. The Balaban J connectivity index is 1.59. The summed E-state index contributed by atoms with van der Waals surface area (Å²) in [6.07, 6.45) is 0. The van der Waals surface area contributed by atoms with E-state index < -0.39 is 0 Å². The van der Waals surface area contributed by atoms with Crippen molar-refractivity contribution in [3.63, 3.8) is 0 Å². The molecule has 0 saturated heterocycles. The second kappa shape index (κ2) is 8.00. The van der Waals surface area contributed by atoms with Crippen molar-refractivity contribution >= 4 is 32.6 Å². The molecule has 164 valence electrons. The molecule has 0 aliphatic heterocycles. The van der Waals surface area contributed by atoms with E-state index in [0.29, 0.717) is 0 Å². The maximum absolute atomic E-state index is 2.43. The monoisotopic (exact) mass is 445 g/mol. The van der Waals surface area contributed by atoms with Crippen LogP contribution in [-0.2, 0) is 0 Å². The van der Waals surface area contributed by atoms with Gasteiger partial charge in [-0.25, -0.2) is 0 Å². The third kappa shape index (κ3) is 3.33. The Bertz CT molecular complexity index is 1770. The molecule has 0 N–H and O–H groups in total. The van der Waals surface area contributed by atoms with E-state index in [1.54, 1.807) is 0 Å². The average molecular weight is 446 g/mol. The third-order valence-corrected chi connectivity index (χ3v) is 6.93. The summed E-state index contributed by atoms with van der Waals surface area (Å²) >= 11 is 0. The van der Waals surface area contributed by atoms with Gasteiger partial charge in [0.25, 0.3) is 0 Å². The highest BCUT2D eigenvalue weighted by Gasteiger charge is 2.15. The molecule has 0 amide bonds. The van der Waals surface area contributed by atoms with E-state index in [0.717, 1.165) is 0 Å². The first kappa shape index (κ1) is 19.8. The molecule has 1 aromatic heterocycles. The predicted molar refractivity (Wildman–Crippen MR) is 149 cm³/mol. The van der Waals surface area contributed by atoms with E-state index in [9.17, 15) is 0 Å². The van der Waals surface area contributed by atoms with Crippen LogP contribution in [0, 0.1) is 0 Å². The highest BCUT2D eigenvalue weighted by molar-refractivity contribution is 6.13. The minimum atomic E-state index is 1.17. The maximum atomic E-state index is 2.43. The van der Waals surface area contributed by atoms with Crippen LogP contribution < -0.4 is 0 Å². The third-order valence-electron chi connectivity index (χ3n) is 6.93. The van der Waals surface area contributed by atoms with Crippen molar-refractivity contribution in [2.24, 2.45) is 0 Å². The Morgan fingerprint density at radius 1 is 0.343 bits per heavy atom. The fourth-order valence-electron chi connectivity index (χ4n) is 5.27. The lowest BCUT2D eigenvalue weighted by atomic mass is 9.98. The summed E-state index contributed by atoms with van der Waals surface area (Å²) in [6.45, 7) is 0. The molecular formula is C34H23N. The molecule has 0 bridgehead atoms. The number of para-hydroxylation sites is 1. The minimum Gasteiger partial charge on any atom is -0.309 e. The second-order valence-corrected chi connectivity index (χ2v) is 9.07. The van der Waals surface area contributed by atoms with Crippen LogP contribution in [0.1, 0.15) is 0 Å². The van der Waals surface area contributed by atoms with Crippen LogP contribution in [0.15, 0.2) is 140 Å². The van der Waals surface area contributed by atoms with Gasteiger partial charge in [-0.2, -0.15) is 0 Å². The summed E-state index contributed by atoms with van der Waals surface area (Å²) in [6, 6.07) is 50.3. The predicted octanol–water partition coefficient (Wildman–Crippen LogP) is 9.27. The Hall–Kier alpha value is -4.62. The zero-order chi connectivity index (χ0) is 23.2. The standard InChI is InChI=1S/C34H23N/c1-3-11-24(12-4-1)28-19-29(25-13-5-2-6-14-25)21-30(20-28)35-33-18-10-9-17-31(33)32-22-26-15-7-8-16-27(26)23-34(32)35/h1-23H. The van der Waals surface area contributed by atoms with E-state index in [1.165, 1.54) is 60.5 Å². The van der Waals surface area contributed by atoms with Gasteiger partial charge in [-0.05, 0) is 69.4 Å². The van der Waals surface area contributed by atoms with Crippen molar-refractivity contribution in [3.05, 3.63) is 140 Å². The van der Waals surface area contributed by atoms with Gasteiger partial charge in [-0.1, -0.05) is 103 Å². The molecule has 1 nitrogen and oxygen atoms in total. The molecule has 7 rings (SSSR count). The number of benzene rings is 6. The lowest BCUT2D eigenvalue weighted by Crippen LogP contribution is -1.96. The molecule has 0 unspecified atom stereocenters. The Morgan fingerprint density at radius 2 is 0.886 bits per heavy atom. The minimum absolute atomic E-state index is 1.17. The first-order valence-electron chi connectivity index (χ1n) is 12.0. The van der Waals surface area contributed by atoms with E-state index >= 15 is 0 Å². The van der Waals surface area contributed by atoms with Crippen LogP contribution in [0.2, 0.25) is 0 Å². The van der Waals surface area contributed by atoms with Gasteiger partial charge in [0.1, 0.15) is 0 Å². The van der Waals surface area contributed by atoms with Gasteiger partial charge in [0, 0.05) is 16.5 Å². The number of rotatable bonds is 3. The van der Waals surface area contributed by atoms with Gasteiger partial charge in [-0.3, -0.25) is 0 Å². The van der Waals surface area contributed by atoms with Crippen molar-refractivity contribution in [1.29, 1.82) is 0 Å². The molecule has 0 saturated carbocycles. The summed E-state index contributed by atoms with van der Waals surface area (Å²) in [5, 5.41) is 5.09. The lowest BCUT2D eigenvalue weighted by Gasteiger charge is -2.14. The molecule has 0 aliphatic carbocycles. The second-order valence-electron chi connectivity index (χ2n) is 9.07. The number of nitrogens with zero attached hydrogens (tertiary/aromatic N) is 1. The van der Waals surface area contributed by atoms with Crippen molar-refractivity contribution in [1.82, 2.24) is 4.57 Å². The van der Waals surface area contributed by atoms with Gasteiger partial charge in [0.05, 0.1) is 11.0 Å². The Labute approximate surface area is 204 Å². The van der Waals surface area contributed by atoms with E-state index in [-0.39, 0.29) is 0 Å². The van der Waals surface area contributed by atoms with Crippen molar-refractivity contribution in [2.45, 2.75) is 0 Å². The van der Waals surface area contributed by atoms with Crippen molar-refractivity contribution < 1.29 is 0 Å². The fourth-order valence-corrected chi connectivity index (χ4v) is 5.27. The molecule has 0 spiro atoms. The van der Waals surface area contributed by atoms with Gasteiger partial charge in [0.2, 0.25) is 0 Å². The zero-order valence-corrected chi connectivity index (χ0v) is 19.2. The van der Waals surface area contributed by atoms with Crippen LogP contribution >= 0.6 is 0 Å². The van der Waals surface area contributed by atoms with Crippen LogP contribution in [0.4, 0.5) is 0 Å². The molecule has 35 heavy (non-hydrogen) atoms. The molecule has 0 atom stereocenters. The molecule has 1 heteroatoms. The van der Waals surface area contributed by atoms with Gasteiger partial charge < -0.3 is 4.57 Å². The molecule has 0 fully saturated rings. The molecular weight excluding hydrogens is 422 g/mol. The highest BCUT2D eigenvalue weighted by atomic mass is 15.0. The number of aromatic nitrogens is 1. The summed E-state index contributed by atoms with van der Waals surface area (Å²) in [5.41, 5.74) is 8.50. The number of fused-ring (bicyclic) bond motifs is 4. The quantitative estimate of drug-likeness (QED) is 0.255. The SMILES string of the molecule is c1ccc(-c2cc(-c3ccccc3)cc(-n3c4ccccc4c4cc5ccccc5cc43)c2)cc1. The topological polar surface area (TPSA) is 4.93 Å². The summed E-state index contributed by atoms with van der Waals surface area (Å²) in [4.78, 5) is 0. The van der Waals surface area contributed by atoms with Crippen LogP contribution in [0.5, 0.6) is 0 Å². The summed E-state index contributed by atoms with van der Waals surface area (Å²) in [7, 11) is 0. The first-order chi connectivity index (χ1) is 17.3. The Morgan fingerprint density at radius 3 is 1.54 bits per heavy atom. The van der Waals surface area contributed by atoms with Gasteiger partial charge >= 0.3 is 0 Å². The normalized spacial score (nSPS) is 11.4. The Kier molecular flexibility index (Phi) is 4.53. The van der Waals surface area contributed by atoms with Crippen LogP contribution in [0.25, 0.3) is 60.5 Å². The van der Waals surface area contributed by atoms with Crippen LogP contribution in [0.3, 0.4) is 0 Å². The summed E-state index contributed by atoms with van der Waals surface area (Å²) < 4.78 is 2.43. The van der Waals surface area contributed by atoms with Gasteiger partial charge in [0.15, 0.2) is 0 Å². The van der Waals surface area contributed by atoms with E-state index in [4.69, 9.17) is 0 Å². The number of hydrogen-bond acceptors (Lipinski definition) is 0. The van der Waals surface area contributed by atoms with Crippen LogP contribution in [-0.4, -0.2) is 4.57 Å². The van der Waals surface area contributed by atoms with Crippen molar-refractivity contribution in [3.8, 4) is 27.9 Å². The van der Waals surface area contributed by atoms with Crippen molar-refractivity contribution in [2.75, 3.05) is 0 Å². The molecule has 6 aromatic carbocycles. The van der Waals surface area contributed by atoms with E-state index in [1.807, 2.05) is 0 Å². The highest BCUT2D eigenvalue weighted by Crippen LogP contribution is 2.37. The average Bonchev–Trinajstić information content (AvgIpc) is 3.26. The molecule has 0 radical (unpaired) electrons. The number of hydrogen-bond donors (Lipinski definition) is 0. The lowest BCUT2D eigenvalue weighted by molar-refractivity contribution is 1.18. The zero-order valence-electron chi connectivity index (χ0n) is 19.2. The molecule has 7 aromatic rings. The van der Waals surface area contributed by atoms with E-state index in [2.05, 4.69) is 144 Å². The summed E-state index contributed by atoms with van der Waals surface area (Å²) in [5.74, 6) is 0. The largest absolute Gasteiger partial charge is 0.309 e. The first-order valence-corrected chi connectivity index (χ1v) is 12.0. The van der Waals surface area contributed by atoms with Gasteiger partial charge in [-0.15, -0.1) is 0 Å². The fraction of sp³-hybridized carbons (Fsp3) is 0. The molecule has 1 heterocycles. The smallest absolute Gasteiger partial charge is 0.0547 e. The molecule has 0 aliphatic rings.